The molecule has 3 amide bonds. The first-order valence-electron chi connectivity index (χ1n) is 13.1. The van der Waals surface area contributed by atoms with Crippen molar-refractivity contribution < 1.29 is 9.59 Å². The van der Waals surface area contributed by atoms with Crippen molar-refractivity contribution in [3.8, 4) is 0 Å². The van der Waals surface area contributed by atoms with E-state index in [2.05, 4.69) is 43.4 Å². The van der Waals surface area contributed by atoms with E-state index in [1.807, 2.05) is 54.8 Å². The van der Waals surface area contributed by atoms with Gasteiger partial charge in [-0.3, -0.25) is 15.0 Å². The molecule has 1 fully saturated rings. The Morgan fingerprint density at radius 3 is 2.28 bits per heavy atom. The molecule has 1 aliphatic carbocycles. The molecule has 0 atom stereocenters. The topological polar surface area (TPSA) is 116 Å². The number of aromatic amines is 1. The third-order valence-electron chi connectivity index (χ3n) is 7.00. The van der Waals surface area contributed by atoms with Crippen LogP contribution >= 0.6 is 11.8 Å². The first kappa shape index (κ1) is 26.4. The van der Waals surface area contributed by atoms with Crippen LogP contribution in [0.15, 0.2) is 77.7 Å². The number of thioether (sulfide) groups is 1. The summed E-state index contributed by atoms with van der Waals surface area (Å²) in [6.07, 6.45) is 8.34. The first-order valence-corrected chi connectivity index (χ1v) is 14.3. The highest BCUT2D eigenvalue weighted by atomic mass is 32.2. The summed E-state index contributed by atoms with van der Waals surface area (Å²) in [4.78, 5) is 28.9. The van der Waals surface area contributed by atoms with Crippen molar-refractivity contribution in [3.63, 3.8) is 0 Å². The van der Waals surface area contributed by atoms with Gasteiger partial charge in [0.15, 0.2) is 0 Å². The van der Waals surface area contributed by atoms with Crippen LogP contribution in [0.25, 0.3) is 0 Å². The molecule has 5 rings (SSSR count). The monoisotopic (exact) mass is 541 g/mol. The van der Waals surface area contributed by atoms with E-state index in [9.17, 15) is 9.59 Å². The summed E-state index contributed by atoms with van der Waals surface area (Å²) in [7, 11) is 0. The van der Waals surface area contributed by atoms with E-state index in [1.165, 1.54) is 37.7 Å². The summed E-state index contributed by atoms with van der Waals surface area (Å²) in [6.45, 7) is 0.338. The van der Waals surface area contributed by atoms with Crippen LogP contribution in [-0.2, 0) is 6.54 Å². The maximum absolute atomic E-state index is 13.5. The maximum atomic E-state index is 13.5. The van der Waals surface area contributed by atoms with Crippen molar-refractivity contribution in [1.82, 2.24) is 20.6 Å². The Bertz CT molecular complexity index is 1370. The van der Waals surface area contributed by atoms with E-state index in [-0.39, 0.29) is 17.9 Å². The Balaban J connectivity index is 1.34. The summed E-state index contributed by atoms with van der Waals surface area (Å²) in [5.74, 6) is 0.356. The number of tetrazole rings is 1. The molecule has 1 aromatic heterocycles. The van der Waals surface area contributed by atoms with E-state index < -0.39 is 0 Å². The second-order valence-corrected chi connectivity index (χ2v) is 10.4. The number of urea groups is 1. The van der Waals surface area contributed by atoms with Gasteiger partial charge in [0.2, 0.25) is 0 Å². The predicted molar refractivity (Wildman–Crippen MR) is 154 cm³/mol. The predicted octanol–water partition coefficient (Wildman–Crippen LogP) is 6.46. The number of nitrogens with one attached hydrogen (secondary N) is 3. The third-order valence-corrected chi connectivity index (χ3v) is 7.74. The van der Waals surface area contributed by atoms with Gasteiger partial charge in [-0.2, -0.15) is 5.21 Å². The molecule has 0 spiro atoms. The van der Waals surface area contributed by atoms with Gasteiger partial charge in [-0.25, -0.2) is 4.79 Å². The molecule has 39 heavy (non-hydrogen) atoms. The van der Waals surface area contributed by atoms with Crippen LogP contribution in [0.3, 0.4) is 0 Å². The maximum Gasteiger partial charge on any atom is 0.326 e. The molecular formula is C29H31N7O2S. The van der Waals surface area contributed by atoms with E-state index in [4.69, 9.17) is 0 Å². The van der Waals surface area contributed by atoms with Crippen LogP contribution in [0, 0.1) is 0 Å². The zero-order valence-electron chi connectivity index (χ0n) is 21.8. The highest BCUT2D eigenvalue weighted by Crippen LogP contribution is 2.33. The molecule has 3 aromatic carbocycles. The van der Waals surface area contributed by atoms with Crippen molar-refractivity contribution in [1.29, 1.82) is 0 Å². The van der Waals surface area contributed by atoms with Gasteiger partial charge < -0.3 is 5.32 Å². The van der Waals surface area contributed by atoms with Gasteiger partial charge in [-0.15, -0.1) is 16.9 Å². The Morgan fingerprint density at radius 2 is 1.64 bits per heavy atom. The molecule has 0 radical (unpaired) electrons. The quantitative estimate of drug-likeness (QED) is 0.221. The van der Waals surface area contributed by atoms with Crippen molar-refractivity contribution in [3.05, 3.63) is 89.5 Å². The average Bonchev–Trinajstić information content (AvgIpc) is 3.50. The van der Waals surface area contributed by atoms with Crippen molar-refractivity contribution >= 4 is 41.0 Å². The van der Waals surface area contributed by atoms with Crippen molar-refractivity contribution in [2.75, 3.05) is 21.8 Å². The zero-order valence-corrected chi connectivity index (χ0v) is 22.6. The lowest BCUT2D eigenvalue weighted by Crippen LogP contribution is -2.34. The van der Waals surface area contributed by atoms with E-state index in [1.54, 1.807) is 28.8 Å². The van der Waals surface area contributed by atoms with Gasteiger partial charge in [0.1, 0.15) is 0 Å². The van der Waals surface area contributed by atoms with Gasteiger partial charge in [0.25, 0.3) is 11.9 Å². The van der Waals surface area contributed by atoms with Gasteiger partial charge >= 0.3 is 6.03 Å². The Labute approximate surface area is 231 Å². The number of carbonyl (C=O) groups is 2. The molecule has 3 N–H and O–H groups in total. The second kappa shape index (κ2) is 12.6. The second-order valence-electron chi connectivity index (χ2n) is 9.56. The SMILES string of the molecule is CSc1ccc(NC(=O)N(Cc2ccc(C(=O)Nc3nn[nH]n3)cc2)c2ccc(C3CCCCC3)cc2)cc1. The number of hydrogen-bond donors (Lipinski definition) is 3. The number of anilines is 3. The minimum Gasteiger partial charge on any atom is -0.308 e. The molecule has 200 valence electrons. The summed E-state index contributed by atoms with van der Waals surface area (Å²) in [5.41, 5.74) is 4.21. The molecule has 9 nitrogen and oxygen atoms in total. The molecular weight excluding hydrogens is 510 g/mol. The van der Waals surface area contributed by atoms with Crippen molar-refractivity contribution in [2.24, 2.45) is 0 Å². The molecule has 0 unspecified atom stereocenters. The van der Waals surface area contributed by atoms with Crippen molar-refractivity contribution in [2.45, 2.75) is 49.5 Å². The summed E-state index contributed by atoms with van der Waals surface area (Å²) in [5, 5.41) is 18.8. The fourth-order valence-corrected chi connectivity index (χ4v) is 5.25. The summed E-state index contributed by atoms with van der Waals surface area (Å²) < 4.78 is 0. The lowest BCUT2D eigenvalue weighted by atomic mass is 9.84. The Kier molecular flexibility index (Phi) is 8.52. The Morgan fingerprint density at radius 1 is 0.923 bits per heavy atom. The Hall–Kier alpha value is -4.18. The number of hydrogen-bond acceptors (Lipinski definition) is 6. The molecule has 4 aromatic rings. The smallest absolute Gasteiger partial charge is 0.308 e. The molecule has 1 aliphatic rings. The number of carbonyl (C=O) groups excluding carboxylic acids is 2. The molecule has 0 aliphatic heterocycles. The number of nitrogens with zero attached hydrogens (tertiary/aromatic N) is 4. The lowest BCUT2D eigenvalue weighted by molar-refractivity contribution is 0.102. The van der Waals surface area contributed by atoms with E-state index in [0.717, 1.165) is 21.8 Å². The molecule has 1 heterocycles. The van der Waals surface area contributed by atoms with Gasteiger partial charge in [-0.05, 0) is 89.9 Å². The fourth-order valence-electron chi connectivity index (χ4n) is 4.84. The number of H-pyrrole nitrogens is 1. The van der Waals surface area contributed by atoms with Crippen LogP contribution in [0.2, 0.25) is 0 Å². The first-order chi connectivity index (χ1) is 19.1. The average molecular weight is 542 g/mol. The third kappa shape index (κ3) is 6.83. The minimum atomic E-state index is -0.343. The summed E-state index contributed by atoms with van der Waals surface area (Å²) >= 11 is 1.65. The standard InChI is InChI=1S/C29H31N7O2S/c1-39-26-17-13-24(14-18-26)30-29(38)36(25-15-11-22(12-16-25)21-5-3-2-4-6-21)19-20-7-9-23(10-8-20)27(37)31-28-32-34-35-33-28/h7-18,21H,2-6,19H2,1H3,(H,30,38)(H2,31,32,33,34,35,37). The number of amides is 3. The molecule has 0 saturated heterocycles. The fraction of sp³-hybridized carbons (Fsp3) is 0.276. The van der Waals surface area contributed by atoms with Gasteiger partial charge in [0, 0.05) is 21.8 Å². The highest BCUT2D eigenvalue weighted by molar-refractivity contribution is 7.98. The normalized spacial score (nSPS) is 13.6. The largest absolute Gasteiger partial charge is 0.326 e. The van der Waals surface area contributed by atoms with Crippen LogP contribution in [0.5, 0.6) is 0 Å². The van der Waals surface area contributed by atoms with Crippen LogP contribution < -0.4 is 15.5 Å². The van der Waals surface area contributed by atoms with Gasteiger partial charge in [-0.1, -0.05) is 48.6 Å². The van der Waals surface area contributed by atoms with Crippen LogP contribution in [0.1, 0.15) is 59.5 Å². The molecule has 10 heteroatoms. The van der Waals surface area contributed by atoms with Crippen LogP contribution in [-0.4, -0.2) is 38.8 Å². The number of aromatic nitrogens is 4. The lowest BCUT2D eigenvalue weighted by Gasteiger charge is -2.26. The molecule has 0 bridgehead atoms. The molecule has 1 saturated carbocycles. The number of rotatable bonds is 8. The number of benzene rings is 3. The van der Waals surface area contributed by atoms with Crippen LogP contribution in [0.4, 0.5) is 22.1 Å². The summed E-state index contributed by atoms with van der Waals surface area (Å²) in [6, 6.07) is 23.1. The highest BCUT2D eigenvalue weighted by Gasteiger charge is 2.20. The minimum absolute atomic E-state index is 0.106. The van der Waals surface area contributed by atoms with Gasteiger partial charge in [0.05, 0.1) is 6.54 Å². The van der Waals surface area contributed by atoms with E-state index in [0.29, 0.717) is 18.0 Å². The zero-order chi connectivity index (χ0) is 27.0. The van der Waals surface area contributed by atoms with E-state index >= 15 is 0 Å².